The van der Waals surface area contributed by atoms with Crippen molar-refractivity contribution in [2.24, 2.45) is 0 Å². The summed E-state index contributed by atoms with van der Waals surface area (Å²) in [5, 5.41) is 16.3. The number of para-hydroxylation sites is 1. The van der Waals surface area contributed by atoms with Crippen molar-refractivity contribution in [1.82, 2.24) is 0 Å². The van der Waals surface area contributed by atoms with Gasteiger partial charge in [-0.05, 0) is 240 Å². The molecule has 0 aliphatic heterocycles. The van der Waals surface area contributed by atoms with Crippen LogP contribution in [0.2, 0.25) is 0 Å². The lowest BCUT2D eigenvalue weighted by Crippen LogP contribution is -2.25. The van der Waals surface area contributed by atoms with E-state index in [2.05, 4.69) is 489 Å². The summed E-state index contributed by atoms with van der Waals surface area (Å²) < 4.78 is 6.05. The highest BCUT2D eigenvalue weighted by atomic mass is 16.3. The summed E-state index contributed by atoms with van der Waals surface area (Å²) in [6.07, 6.45) is 0. The largest absolute Gasteiger partial charge is 0.456 e. The third-order valence-corrected chi connectivity index (χ3v) is 28.7. The number of furan rings is 1. The van der Waals surface area contributed by atoms with E-state index in [1.807, 2.05) is 12.1 Å². The van der Waals surface area contributed by atoms with Crippen LogP contribution in [0.4, 0.5) is 34.1 Å². The average Bonchev–Trinajstić information content (AvgIpc) is 1.52. The van der Waals surface area contributed by atoms with Gasteiger partial charge >= 0.3 is 0 Å². The van der Waals surface area contributed by atoms with E-state index in [-0.39, 0.29) is 16.2 Å². The van der Waals surface area contributed by atoms with E-state index in [1.54, 1.807) is 0 Å². The van der Waals surface area contributed by atoms with Crippen LogP contribution in [0, 0.1) is 0 Å². The number of anilines is 6. The van der Waals surface area contributed by atoms with E-state index in [0.717, 1.165) is 56.1 Å². The first kappa shape index (κ1) is 75.4. The average molecular weight is 1670 g/mol. The van der Waals surface area contributed by atoms with Crippen LogP contribution in [0.3, 0.4) is 0 Å². The van der Waals surface area contributed by atoms with Gasteiger partial charge in [0.2, 0.25) is 0 Å². The third kappa shape index (κ3) is 11.4. The number of nitrogens with one attached hydrogen (secondary N) is 3. The van der Waals surface area contributed by atoms with Crippen molar-refractivity contribution in [2.45, 2.75) is 16.2 Å². The molecule has 22 aromatic rings. The van der Waals surface area contributed by atoms with Crippen molar-refractivity contribution in [3.05, 3.63) is 552 Å². The number of hydrogen-bond acceptors (Lipinski definition) is 4. The molecule has 0 bridgehead atoms. The molecule has 1 heterocycles. The Hall–Kier alpha value is -16.9. The minimum atomic E-state index is -0.337. The van der Waals surface area contributed by atoms with Gasteiger partial charge in [0.15, 0.2) is 0 Å². The minimum Gasteiger partial charge on any atom is -0.456 e. The van der Waals surface area contributed by atoms with Gasteiger partial charge in [0, 0.05) is 67.0 Å². The number of fused-ring (bicyclic) bond motifs is 34. The molecule has 0 saturated heterocycles. The Morgan fingerprint density at radius 2 is 0.450 bits per heavy atom. The quantitative estimate of drug-likeness (QED) is 0.128. The van der Waals surface area contributed by atoms with Crippen LogP contribution in [0.1, 0.15) is 66.8 Å². The summed E-state index contributed by atoms with van der Waals surface area (Å²) >= 11 is 0. The summed E-state index contributed by atoms with van der Waals surface area (Å²) in [6, 6.07) is 177. The number of hydrogen-bond donors (Lipinski definition) is 3. The Bertz CT molecular complexity index is 8270. The maximum Gasteiger partial charge on any atom is 0.135 e. The van der Waals surface area contributed by atoms with Crippen molar-refractivity contribution in [3.63, 3.8) is 0 Å². The van der Waals surface area contributed by atoms with Crippen LogP contribution in [0.25, 0.3) is 144 Å². The van der Waals surface area contributed by atoms with Gasteiger partial charge in [0.05, 0.1) is 16.2 Å². The maximum absolute atomic E-state index is 6.05. The van der Waals surface area contributed by atoms with Crippen LogP contribution in [-0.4, -0.2) is 0 Å². The molecule has 0 fully saturated rings. The molecule has 4 nitrogen and oxygen atoms in total. The van der Waals surface area contributed by atoms with Crippen LogP contribution >= 0.6 is 0 Å². The van der Waals surface area contributed by atoms with E-state index in [0.29, 0.717) is 0 Å². The highest BCUT2D eigenvalue weighted by Gasteiger charge is 2.55. The summed E-state index contributed by atoms with van der Waals surface area (Å²) in [6.45, 7) is 0. The van der Waals surface area contributed by atoms with Gasteiger partial charge in [-0.2, -0.15) is 0 Å². The second-order valence-electron chi connectivity index (χ2n) is 35.2. The lowest BCUT2D eigenvalue weighted by molar-refractivity contribution is 0.669. The van der Waals surface area contributed by atoms with Crippen molar-refractivity contribution in [1.29, 1.82) is 0 Å². The highest BCUT2D eigenvalue weighted by Crippen LogP contribution is 2.68. The standard InChI is InChI=1S/C43H27NO.C43H29N.C41H27N/c1-5-14-35-30(10-1)31-11-2-6-15-36(31)43(35)37-16-7-3-13-33(37)42-38(43)17-9-18-39(42)44-29-23-20-27(21-24-29)28-22-25-41-34(26-28)32-12-4-8-19-40(32)45-41;1-2-13-29(14-3-1)30-15-10-16-31(27-30)32-17-11-18-33(28-32)44-41-26-12-25-40-42(41)36-21-6-9-24-39(36)43(40)37-22-7-4-19-34(37)35-20-5-8-23-38(35)43;1-2-13-27(14-3-1)28-25-26-38(32-18-5-4-15-29(28)32)42-39-24-12-23-37-40(39)33-19-8-11-22-36(33)41(37)34-20-9-6-16-30(34)31-17-7-10-21-35(31)41/h1-26,44H;1-28,44H;1-26,42H. The lowest BCUT2D eigenvalue weighted by Gasteiger charge is -2.30. The third-order valence-electron chi connectivity index (χ3n) is 28.7. The number of rotatable bonds is 10. The Labute approximate surface area is 761 Å². The lowest BCUT2D eigenvalue weighted by atomic mass is 9.70. The molecule has 0 atom stereocenters. The number of benzene rings is 21. The SMILES string of the molecule is c1ccc(-c2ccc(Nc3cccc4c3-c3ccccc3C43c4ccccc4-c4ccccc43)c3ccccc23)cc1.c1ccc(-c2cccc(-c3cccc(Nc4cccc5c4-c4ccccc4C54c5ccccc5-c5ccccc54)c3)c2)cc1.c1ccc2c(c1)-c1ccccc1C21c2ccccc2-c2c(Nc3ccc(-c4ccc5oc6ccccc6c5c4)cc3)cccc21. The molecule has 6 aliphatic rings. The second kappa shape index (κ2) is 30.1. The molecule has 21 aromatic carbocycles. The molecular formula is C127H83N3O. The van der Waals surface area contributed by atoms with E-state index in [9.17, 15) is 0 Å². The smallest absolute Gasteiger partial charge is 0.135 e. The Kier molecular flexibility index (Phi) is 17.4. The zero-order valence-electron chi connectivity index (χ0n) is 71.6. The maximum atomic E-state index is 6.05. The molecule has 4 heteroatoms. The predicted octanol–water partition coefficient (Wildman–Crippen LogP) is 33.0. The first-order valence-electron chi connectivity index (χ1n) is 45.4. The van der Waals surface area contributed by atoms with Gasteiger partial charge in [-0.3, -0.25) is 0 Å². The normalized spacial score (nSPS) is 13.4. The topological polar surface area (TPSA) is 49.2 Å². The molecule has 3 N–H and O–H groups in total. The molecule has 0 amide bonds. The molecule has 0 saturated carbocycles. The summed E-state index contributed by atoms with van der Waals surface area (Å²) in [4.78, 5) is 0. The van der Waals surface area contributed by atoms with Crippen LogP contribution < -0.4 is 16.0 Å². The summed E-state index contributed by atoms with van der Waals surface area (Å²) in [5.41, 5.74) is 49.1. The first-order chi connectivity index (χ1) is 65.0. The molecule has 6 aliphatic carbocycles. The van der Waals surface area contributed by atoms with E-state index >= 15 is 0 Å². The van der Waals surface area contributed by atoms with Crippen LogP contribution in [0.5, 0.6) is 0 Å². The van der Waals surface area contributed by atoms with Crippen LogP contribution in [0.15, 0.2) is 490 Å². The molecule has 28 rings (SSSR count). The van der Waals surface area contributed by atoms with E-state index < -0.39 is 0 Å². The molecule has 612 valence electrons. The zero-order valence-corrected chi connectivity index (χ0v) is 71.6. The zero-order chi connectivity index (χ0) is 86.3. The molecule has 3 spiro atoms. The van der Waals surface area contributed by atoms with Crippen LogP contribution in [-0.2, 0) is 16.2 Å². The fraction of sp³-hybridized carbons (Fsp3) is 0.0236. The Morgan fingerprint density at radius 3 is 0.916 bits per heavy atom. The predicted molar refractivity (Wildman–Crippen MR) is 544 cm³/mol. The highest BCUT2D eigenvalue weighted by molar-refractivity contribution is 6.09. The van der Waals surface area contributed by atoms with Crippen molar-refractivity contribution in [3.8, 4) is 111 Å². The monoisotopic (exact) mass is 1670 g/mol. The van der Waals surface area contributed by atoms with Gasteiger partial charge in [-0.15, -0.1) is 0 Å². The van der Waals surface area contributed by atoms with Crippen molar-refractivity contribution < 1.29 is 4.42 Å². The van der Waals surface area contributed by atoms with E-state index in [4.69, 9.17) is 4.42 Å². The fourth-order valence-corrected chi connectivity index (χ4v) is 23.4. The molecule has 131 heavy (non-hydrogen) atoms. The summed E-state index contributed by atoms with van der Waals surface area (Å²) in [5.74, 6) is 0. The van der Waals surface area contributed by atoms with Crippen molar-refractivity contribution in [2.75, 3.05) is 16.0 Å². The van der Waals surface area contributed by atoms with E-state index in [1.165, 1.54) is 189 Å². The minimum absolute atomic E-state index is 0.337. The Morgan fingerprint density at radius 1 is 0.145 bits per heavy atom. The molecular weight excluding hydrogens is 1580 g/mol. The molecule has 0 radical (unpaired) electrons. The summed E-state index contributed by atoms with van der Waals surface area (Å²) in [7, 11) is 0. The van der Waals surface area contributed by atoms with Gasteiger partial charge in [-0.25, -0.2) is 0 Å². The van der Waals surface area contributed by atoms with Crippen molar-refractivity contribution >= 4 is 66.8 Å². The second-order valence-corrected chi connectivity index (χ2v) is 35.2. The van der Waals surface area contributed by atoms with Gasteiger partial charge in [0.1, 0.15) is 11.2 Å². The molecule has 1 aromatic heterocycles. The van der Waals surface area contributed by atoms with Gasteiger partial charge < -0.3 is 20.4 Å². The van der Waals surface area contributed by atoms with Gasteiger partial charge in [-0.1, -0.05) is 413 Å². The first-order valence-corrected chi connectivity index (χ1v) is 45.4. The fourth-order valence-electron chi connectivity index (χ4n) is 23.4. The molecule has 0 unspecified atom stereocenters. The van der Waals surface area contributed by atoms with Gasteiger partial charge in [0.25, 0.3) is 0 Å². The Balaban J connectivity index is 0.000000103.